The number of hydrogen-bond acceptors (Lipinski definition) is 1. The second kappa shape index (κ2) is 4.85. The summed E-state index contributed by atoms with van der Waals surface area (Å²) in [5.41, 5.74) is 3.80. The molecule has 0 aliphatic carbocycles. The van der Waals surface area contributed by atoms with Crippen LogP contribution in [-0.4, -0.2) is 13.1 Å². The van der Waals surface area contributed by atoms with E-state index in [-0.39, 0.29) is 0 Å². The summed E-state index contributed by atoms with van der Waals surface area (Å²) >= 11 is 0. The van der Waals surface area contributed by atoms with Crippen LogP contribution in [0.1, 0.15) is 19.4 Å². The molecule has 1 heteroatoms. The Morgan fingerprint density at radius 1 is 1.43 bits per heavy atom. The number of rotatable bonds is 4. The van der Waals surface area contributed by atoms with Crippen LogP contribution in [0.2, 0.25) is 0 Å². The average molecular weight is 189 g/mol. The van der Waals surface area contributed by atoms with E-state index in [1.165, 1.54) is 16.8 Å². The Balaban J connectivity index is 2.83. The lowest BCUT2D eigenvalue weighted by molar-refractivity contribution is 0.880. The van der Waals surface area contributed by atoms with E-state index in [1.54, 1.807) is 0 Å². The van der Waals surface area contributed by atoms with Crippen LogP contribution in [-0.2, 0) is 0 Å². The SMILES string of the molecule is C=C(C)CN(CC)c1cccc(C)c1. The van der Waals surface area contributed by atoms with Gasteiger partial charge in [0, 0.05) is 18.8 Å². The molecule has 0 amide bonds. The lowest BCUT2D eigenvalue weighted by Gasteiger charge is -2.23. The predicted molar refractivity (Wildman–Crippen MR) is 63.9 cm³/mol. The summed E-state index contributed by atoms with van der Waals surface area (Å²) in [6.07, 6.45) is 0. The van der Waals surface area contributed by atoms with Crippen LogP contribution in [0.4, 0.5) is 5.69 Å². The van der Waals surface area contributed by atoms with Crippen molar-refractivity contribution in [3.8, 4) is 0 Å². The monoisotopic (exact) mass is 189 g/mol. The number of hydrogen-bond donors (Lipinski definition) is 0. The molecule has 0 atom stereocenters. The highest BCUT2D eigenvalue weighted by atomic mass is 15.1. The Morgan fingerprint density at radius 3 is 2.64 bits per heavy atom. The maximum Gasteiger partial charge on any atom is 0.0383 e. The van der Waals surface area contributed by atoms with E-state index in [4.69, 9.17) is 0 Å². The molecule has 1 nitrogen and oxygen atoms in total. The molecule has 14 heavy (non-hydrogen) atoms. The van der Waals surface area contributed by atoms with Crippen molar-refractivity contribution < 1.29 is 0 Å². The van der Waals surface area contributed by atoms with Crippen molar-refractivity contribution in [1.82, 2.24) is 0 Å². The molecule has 76 valence electrons. The van der Waals surface area contributed by atoms with Gasteiger partial charge < -0.3 is 4.90 Å². The van der Waals surface area contributed by atoms with Gasteiger partial charge in [0.1, 0.15) is 0 Å². The molecule has 0 aromatic heterocycles. The molecule has 0 aliphatic heterocycles. The highest BCUT2D eigenvalue weighted by molar-refractivity contribution is 5.49. The van der Waals surface area contributed by atoms with Crippen LogP contribution in [0.3, 0.4) is 0 Å². The summed E-state index contributed by atoms with van der Waals surface area (Å²) in [6.45, 7) is 12.3. The largest absolute Gasteiger partial charge is 0.368 e. The molecule has 0 fully saturated rings. The normalized spacial score (nSPS) is 9.93. The zero-order valence-electron chi connectivity index (χ0n) is 9.38. The van der Waals surface area contributed by atoms with Crippen molar-refractivity contribution in [2.45, 2.75) is 20.8 Å². The van der Waals surface area contributed by atoms with Gasteiger partial charge in [0.25, 0.3) is 0 Å². The molecule has 0 heterocycles. The minimum absolute atomic E-state index is 0.944. The van der Waals surface area contributed by atoms with Crippen LogP contribution in [0.15, 0.2) is 36.4 Å². The number of aryl methyl sites for hydroxylation is 1. The third kappa shape index (κ3) is 2.91. The van der Waals surface area contributed by atoms with Gasteiger partial charge in [-0.3, -0.25) is 0 Å². The molecule has 1 rings (SSSR count). The Morgan fingerprint density at radius 2 is 2.14 bits per heavy atom. The topological polar surface area (TPSA) is 3.24 Å². The van der Waals surface area contributed by atoms with Gasteiger partial charge in [-0.05, 0) is 38.5 Å². The molecular weight excluding hydrogens is 170 g/mol. The molecule has 0 radical (unpaired) electrons. The number of anilines is 1. The molecule has 0 N–H and O–H groups in total. The Kier molecular flexibility index (Phi) is 3.75. The molecule has 1 aromatic carbocycles. The fourth-order valence-corrected chi connectivity index (χ4v) is 1.54. The summed E-state index contributed by atoms with van der Waals surface area (Å²) < 4.78 is 0. The van der Waals surface area contributed by atoms with Crippen molar-refractivity contribution in [2.75, 3.05) is 18.0 Å². The molecule has 0 unspecified atom stereocenters. The van der Waals surface area contributed by atoms with E-state index in [0.29, 0.717) is 0 Å². The van der Waals surface area contributed by atoms with Crippen molar-refractivity contribution >= 4 is 5.69 Å². The third-order valence-electron chi connectivity index (χ3n) is 2.21. The summed E-state index contributed by atoms with van der Waals surface area (Å²) in [7, 11) is 0. The zero-order valence-corrected chi connectivity index (χ0v) is 9.38. The molecule has 0 saturated carbocycles. The van der Waals surface area contributed by atoms with Gasteiger partial charge in [0.2, 0.25) is 0 Å². The standard InChI is InChI=1S/C13H19N/c1-5-14(10-11(2)3)13-8-6-7-12(4)9-13/h6-9H,2,5,10H2,1,3-4H3. The van der Waals surface area contributed by atoms with E-state index < -0.39 is 0 Å². The molecule has 0 bridgehead atoms. The Labute approximate surface area is 87.1 Å². The van der Waals surface area contributed by atoms with E-state index >= 15 is 0 Å². The number of likely N-dealkylation sites (N-methyl/N-ethyl adjacent to an activating group) is 1. The van der Waals surface area contributed by atoms with E-state index in [2.05, 4.69) is 56.5 Å². The lowest BCUT2D eigenvalue weighted by Crippen LogP contribution is -2.24. The van der Waals surface area contributed by atoms with Crippen molar-refractivity contribution in [3.63, 3.8) is 0 Å². The van der Waals surface area contributed by atoms with Gasteiger partial charge >= 0.3 is 0 Å². The van der Waals surface area contributed by atoms with E-state index in [9.17, 15) is 0 Å². The molecule has 0 saturated heterocycles. The molecular formula is C13H19N. The predicted octanol–water partition coefficient (Wildman–Crippen LogP) is 3.40. The summed E-state index contributed by atoms with van der Waals surface area (Å²) in [4.78, 5) is 2.33. The van der Waals surface area contributed by atoms with Gasteiger partial charge in [-0.15, -0.1) is 0 Å². The third-order valence-corrected chi connectivity index (χ3v) is 2.21. The van der Waals surface area contributed by atoms with Gasteiger partial charge in [0.05, 0.1) is 0 Å². The minimum Gasteiger partial charge on any atom is -0.368 e. The summed E-state index contributed by atoms with van der Waals surface area (Å²) in [5, 5.41) is 0. The van der Waals surface area contributed by atoms with Crippen LogP contribution < -0.4 is 4.90 Å². The van der Waals surface area contributed by atoms with Crippen molar-refractivity contribution in [2.24, 2.45) is 0 Å². The van der Waals surface area contributed by atoms with Crippen LogP contribution >= 0.6 is 0 Å². The molecule has 1 aromatic rings. The number of benzene rings is 1. The zero-order chi connectivity index (χ0) is 10.6. The maximum atomic E-state index is 3.95. The first kappa shape index (κ1) is 10.8. The quantitative estimate of drug-likeness (QED) is 0.656. The second-order valence-electron chi connectivity index (χ2n) is 3.81. The van der Waals surface area contributed by atoms with E-state index in [0.717, 1.165) is 13.1 Å². The van der Waals surface area contributed by atoms with Gasteiger partial charge in [0.15, 0.2) is 0 Å². The first-order valence-corrected chi connectivity index (χ1v) is 5.09. The molecule has 0 aliphatic rings. The highest BCUT2D eigenvalue weighted by Crippen LogP contribution is 2.16. The summed E-state index contributed by atoms with van der Waals surface area (Å²) in [6, 6.07) is 8.59. The first-order valence-electron chi connectivity index (χ1n) is 5.09. The smallest absolute Gasteiger partial charge is 0.0383 e. The molecule has 0 spiro atoms. The fourth-order valence-electron chi connectivity index (χ4n) is 1.54. The van der Waals surface area contributed by atoms with Crippen molar-refractivity contribution in [1.29, 1.82) is 0 Å². The van der Waals surface area contributed by atoms with Gasteiger partial charge in [-0.2, -0.15) is 0 Å². The van der Waals surface area contributed by atoms with Crippen LogP contribution in [0, 0.1) is 6.92 Å². The Bertz CT molecular complexity index is 315. The first-order chi connectivity index (χ1) is 6.63. The summed E-state index contributed by atoms with van der Waals surface area (Å²) in [5.74, 6) is 0. The van der Waals surface area contributed by atoms with Gasteiger partial charge in [-0.25, -0.2) is 0 Å². The fraction of sp³-hybridized carbons (Fsp3) is 0.385. The Hall–Kier alpha value is -1.24. The van der Waals surface area contributed by atoms with Crippen LogP contribution in [0.5, 0.6) is 0 Å². The average Bonchev–Trinajstić information content (AvgIpc) is 2.14. The van der Waals surface area contributed by atoms with Crippen molar-refractivity contribution in [3.05, 3.63) is 42.0 Å². The van der Waals surface area contributed by atoms with Crippen LogP contribution in [0.25, 0.3) is 0 Å². The maximum absolute atomic E-state index is 3.95. The number of nitrogens with zero attached hydrogens (tertiary/aromatic N) is 1. The minimum atomic E-state index is 0.944. The lowest BCUT2D eigenvalue weighted by atomic mass is 10.2. The highest BCUT2D eigenvalue weighted by Gasteiger charge is 2.03. The second-order valence-corrected chi connectivity index (χ2v) is 3.81. The van der Waals surface area contributed by atoms with E-state index in [1.807, 2.05) is 0 Å². The van der Waals surface area contributed by atoms with Gasteiger partial charge in [-0.1, -0.05) is 24.3 Å².